The molecule has 4 nitrogen and oxygen atoms in total. The van der Waals surface area contributed by atoms with E-state index in [1.54, 1.807) is 6.07 Å². The van der Waals surface area contributed by atoms with E-state index >= 15 is 0 Å². The third-order valence-corrected chi connectivity index (χ3v) is 3.40. The maximum Gasteiger partial charge on any atom is 0.335 e. The van der Waals surface area contributed by atoms with Gasteiger partial charge in [0.2, 0.25) is 0 Å². The van der Waals surface area contributed by atoms with Crippen LogP contribution < -0.4 is 10.5 Å². The molecule has 3 N–H and O–H groups in total. The standard InChI is InChI=1S/C14H11BrFNO3/c15-11-6-10(16)3-1-9(11)7-20-13-5-8(14(18)19)2-4-12(13)17/h1-6H,7,17H2,(H,18,19). The largest absolute Gasteiger partial charge is 0.487 e. The van der Waals surface area contributed by atoms with Crippen molar-refractivity contribution in [3.05, 3.63) is 57.8 Å². The molecule has 0 bridgehead atoms. The van der Waals surface area contributed by atoms with Crippen LogP contribution in [-0.4, -0.2) is 11.1 Å². The number of rotatable bonds is 4. The molecular formula is C14H11BrFNO3. The van der Waals surface area contributed by atoms with E-state index in [0.29, 0.717) is 10.2 Å². The molecule has 0 saturated carbocycles. The van der Waals surface area contributed by atoms with Gasteiger partial charge in [0.15, 0.2) is 0 Å². The summed E-state index contributed by atoms with van der Waals surface area (Å²) in [6, 6.07) is 8.46. The Morgan fingerprint density at radius 2 is 2.05 bits per heavy atom. The molecule has 0 aromatic heterocycles. The number of hydrogen-bond donors (Lipinski definition) is 2. The molecule has 0 heterocycles. The second-order valence-electron chi connectivity index (χ2n) is 4.08. The van der Waals surface area contributed by atoms with E-state index in [1.165, 1.54) is 30.3 Å². The zero-order valence-electron chi connectivity index (χ0n) is 10.3. The van der Waals surface area contributed by atoms with Crippen molar-refractivity contribution < 1.29 is 19.0 Å². The number of carbonyl (C=O) groups is 1. The van der Waals surface area contributed by atoms with Crippen molar-refractivity contribution in [3.8, 4) is 5.75 Å². The lowest BCUT2D eigenvalue weighted by atomic mass is 10.2. The number of anilines is 1. The van der Waals surface area contributed by atoms with Crippen molar-refractivity contribution >= 4 is 27.6 Å². The molecule has 0 fully saturated rings. The highest BCUT2D eigenvalue weighted by atomic mass is 79.9. The predicted molar refractivity (Wildman–Crippen MR) is 76.2 cm³/mol. The summed E-state index contributed by atoms with van der Waals surface area (Å²) in [5.74, 6) is -1.13. The zero-order chi connectivity index (χ0) is 14.7. The summed E-state index contributed by atoms with van der Waals surface area (Å²) in [6.45, 7) is 0.147. The molecule has 0 aliphatic heterocycles. The van der Waals surface area contributed by atoms with Crippen molar-refractivity contribution in [1.29, 1.82) is 0 Å². The maximum absolute atomic E-state index is 13.0. The van der Waals surface area contributed by atoms with Gasteiger partial charge in [0.05, 0.1) is 11.3 Å². The van der Waals surface area contributed by atoms with Crippen molar-refractivity contribution in [1.82, 2.24) is 0 Å². The predicted octanol–water partition coefficient (Wildman–Crippen LogP) is 3.45. The number of ether oxygens (including phenoxy) is 1. The molecule has 0 amide bonds. The van der Waals surface area contributed by atoms with Crippen LogP contribution in [0.1, 0.15) is 15.9 Å². The molecule has 2 rings (SSSR count). The average Bonchev–Trinajstić information content (AvgIpc) is 2.39. The average molecular weight is 340 g/mol. The number of halogens is 2. The van der Waals surface area contributed by atoms with Crippen molar-refractivity contribution in [2.75, 3.05) is 5.73 Å². The van der Waals surface area contributed by atoms with Crippen LogP contribution in [0.3, 0.4) is 0 Å². The van der Waals surface area contributed by atoms with E-state index in [1.807, 2.05) is 0 Å². The minimum atomic E-state index is -1.06. The molecule has 6 heteroatoms. The normalized spacial score (nSPS) is 10.3. The lowest BCUT2D eigenvalue weighted by Gasteiger charge is -2.11. The Morgan fingerprint density at radius 3 is 2.70 bits per heavy atom. The van der Waals surface area contributed by atoms with Crippen LogP contribution in [0.15, 0.2) is 40.9 Å². The van der Waals surface area contributed by atoms with Crippen LogP contribution in [0, 0.1) is 5.82 Å². The third kappa shape index (κ3) is 3.27. The number of nitrogens with two attached hydrogens (primary N) is 1. The van der Waals surface area contributed by atoms with E-state index in [2.05, 4.69) is 15.9 Å². The second kappa shape index (κ2) is 5.92. The molecule has 0 atom stereocenters. The summed E-state index contributed by atoms with van der Waals surface area (Å²) in [6.07, 6.45) is 0. The highest BCUT2D eigenvalue weighted by Crippen LogP contribution is 2.25. The van der Waals surface area contributed by atoms with Gasteiger partial charge in [0.1, 0.15) is 18.2 Å². The number of benzene rings is 2. The number of carboxylic acid groups (broad SMARTS) is 1. The number of nitrogen functional groups attached to an aromatic ring is 1. The summed E-state index contributed by atoms with van der Waals surface area (Å²) in [5.41, 5.74) is 6.89. The van der Waals surface area contributed by atoms with Crippen LogP contribution in [-0.2, 0) is 6.61 Å². The third-order valence-electron chi connectivity index (χ3n) is 2.66. The van der Waals surface area contributed by atoms with E-state index in [9.17, 15) is 9.18 Å². The quantitative estimate of drug-likeness (QED) is 0.837. The first-order chi connectivity index (χ1) is 9.47. The summed E-state index contributed by atoms with van der Waals surface area (Å²) >= 11 is 3.23. The molecule has 0 aliphatic rings. The molecule has 0 saturated heterocycles. The van der Waals surface area contributed by atoms with Crippen LogP contribution in [0.25, 0.3) is 0 Å². The Balaban J connectivity index is 2.18. The minimum absolute atomic E-state index is 0.0902. The molecule has 2 aromatic carbocycles. The summed E-state index contributed by atoms with van der Waals surface area (Å²) in [4.78, 5) is 10.9. The first-order valence-corrected chi connectivity index (χ1v) is 6.46. The topological polar surface area (TPSA) is 72.6 Å². The van der Waals surface area contributed by atoms with Gasteiger partial charge in [0, 0.05) is 10.0 Å². The fourth-order valence-electron chi connectivity index (χ4n) is 1.59. The Morgan fingerprint density at radius 1 is 1.30 bits per heavy atom. The molecule has 2 aromatic rings. The highest BCUT2D eigenvalue weighted by Gasteiger charge is 2.09. The highest BCUT2D eigenvalue weighted by molar-refractivity contribution is 9.10. The molecular weight excluding hydrogens is 329 g/mol. The molecule has 0 aliphatic carbocycles. The fraction of sp³-hybridized carbons (Fsp3) is 0.0714. The van der Waals surface area contributed by atoms with Crippen LogP contribution in [0.2, 0.25) is 0 Å². The van der Waals surface area contributed by atoms with Gasteiger partial charge < -0.3 is 15.6 Å². The number of carboxylic acids is 1. The van der Waals surface area contributed by atoms with Gasteiger partial charge in [-0.15, -0.1) is 0 Å². The smallest absolute Gasteiger partial charge is 0.335 e. The van der Waals surface area contributed by atoms with Crippen LogP contribution in [0.4, 0.5) is 10.1 Å². The van der Waals surface area contributed by atoms with Gasteiger partial charge >= 0.3 is 5.97 Å². The van der Waals surface area contributed by atoms with E-state index in [-0.39, 0.29) is 23.7 Å². The van der Waals surface area contributed by atoms with E-state index in [0.717, 1.165) is 5.56 Å². The molecule has 0 unspecified atom stereocenters. The lowest BCUT2D eigenvalue weighted by molar-refractivity contribution is 0.0696. The molecule has 20 heavy (non-hydrogen) atoms. The number of hydrogen-bond acceptors (Lipinski definition) is 3. The van der Waals surface area contributed by atoms with Crippen molar-refractivity contribution in [2.45, 2.75) is 6.61 Å². The van der Waals surface area contributed by atoms with Crippen molar-refractivity contribution in [2.24, 2.45) is 0 Å². The molecule has 0 spiro atoms. The monoisotopic (exact) mass is 339 g/mol. The van der Waals surface area contributed by atoms with Gasteiger partial charge in [-0.25, -0.2) is 9.18 Å². The fourth-order valence-corrected chi connectivity index (χ4v) is 2.05. The maximum atomic E-state index is 13.0. The van der Waals surface area contributed by atoms with Gasteiger partial charge in [-0.1, -0.05) is 22.0 Å². The van der Waals surface area contributed by atoms with Gasteiger partial charge in [-0.2, -0.15) is 0 Å². The Labute approximate surface area is 123 Å². The van der Waals surface area contributed by atoms with Crippen LogP contribution >= 0.6 is 15.9 Å². The summed E-state index contributed by atoms with van der Waals surface area (Å²) < 4.78 is 19.0. The summed E-state index contributed by atoms with van der Waals surface area (Å²) in [5, 5.41) is 8.91. The van der Waals surface area contributed by atoms with Gasteiger partial charge in [-0.05, 0) is 30.3 Å². The first-order valence-electron chi connectivity index (χ1n) is 5.67. The SMILES string of the molecule is Nc1ccc(C(=O)O)cc1OCc1ccc(F)cc1Br. The Bertz CT molecular complexity index is 661. The lowest BCUT2D eigenvalue weighted by Crippen LogP contribution is -2.03. The number of aromatic carboxylic acids is 1. The van der Waals surface area contributed by atoms with Crippen LogP contribution in [0.5, 0.6) is 5.75 Å². The van der Waals surface area contributed by atoms with E-state index in [4.69, 9.17) is 15.6 Å². The molecule has 0 radical (unpaired) electrons. The zero-order valence-corrected chi connectivity index (χ0v) is 11.9. The van der Waals surface area contributed by atoms with Crippen molar-refractivity contribution in [3.63, 3.8) is 0 Å². The van der Waals surface area contributed by atoms with E-state index < -0.39 is 5.97 Å². The second-order valence-corrected chi connectivity index (χ2v) is 4.94. The van der Waals surface area contributed by atoms with Gasteiger partial charge in [-0.3, -0.25) is 0 Å². The Kier molecular flexibility index (Phi) is 4.24. The first kappa shape index (κ1) is 14.3. The van der Waals surface area contributed by atoms with Gasteiger partial charge in [0.25, 0.3) is 0 Å². The summed E-state index contributed by atoms with van der Waals surface area (Å²) in [7, 11) is 0. The Hall–Kier alpha value is -2.08. The minimum Gasteiger partial charge on any atom is -0.487 e. The molecule has 104 valence electrons.